The van der Waals surface area contributed by atoms with E-state index in [-0.39, 0.29) is 5.75 Å². The molecule has 1 N–H and O–H groups in total. The lowest BCUT2D eigenvalue weighted by Crippen LogP contribution is -2.04. The van der Waals surface area contributed by atoms with E-state index in [0.717, 1.165) is 11.0 Å². The van der Waals surface area contributed by atoms with Gasteiger partial charge >= 0.3 is 0 Å². The van der Waals surface area contributed by atoms with Crippen molar-refractivity contribution in [2.45, 2.75) is 38.0 Å². The molecule has 0 aliphatic heterocycles. The first-order valence-electron chi connectivity index (χ1n) is 7.88. The third kappa shape index (κ3) is 2.34. The average Bonchev–Trinajstić information content (AvgIpc) is 2.99. The number of benzene rings is 2. The molecule has 4 heteroatoms. The normalized spacial score (nSPS) is 16.2. The summed E-state index contributed by atoms with van der Waals surface area (Å²) in [5, 5.41) is 18.9. The molecule has 0 unspecified atom stereocenters. The molecule has 4 rings (SSSR count). The topological polar surface area (TPSA) is 50.9 Å². The van der Waals surface area contributed by atoms with Crippen molar-refractivity contribution in [2.75, 3.05) is 0 Å². The Labute approximate surface area is 129 Å². The standard InChI is InChI=1S/C18H18N3O/c22-18-9-5-4-8-17(18)21-19-15-11-10-14(12-16(15)20-21)13-6-2-1-3-7-13/h4,8-13,22H,1-3,6-7H2. The van der Waals surface area contributed by atoms with E-state index in [1.165, 1.54) is 48.5 Å². The number of fused-ring (bicyclic) bond motifs is 1. The molecule has 1 radical (unpaired) electrons. The smallest absolute Gasteiger partial charge is 0.143 e. The number of aromatic hydroxyl groups is 1. The summed E-state index contributed by atoms with van der Waals surface area (Å²) in [7, 11) is 0. The van der Waals surface area contributed by atoms with Crippen LogP contribution in [0.2, 0.25) is 0 Å². The van der Waals surface area contributed by atoms with Crippen molar-refractivity contribution in [3.8, 4) is 11.4 Å². The number of hydrogen-bond acceptors (Lipinski definition) is 3. The van der Waals surface area contributed by atoms with Crippen molar-refractivity contribution in [2.24, 2.45) is 0 Å². The van der Waals surface area contributed by atoms with Gasteiger partial charge in [-0.1, -0.05) is 31.4 Å². The summed E-state index contributed by atoms with van der Waals surface area (Å²) >= 11 is 0. The Balaban J connectivity index is 1.73. The van der Waals surface area contributed by atoms with Gasteiger partial charge in [-0.2, -0.15) is 0 Å². The molecule has 1 saturated carbocycles. The molecule has 0 spiro atoms. The second-order valence-electron chi connectivity index (χ2n) is 5.99. The van der Waals surface area contributed by atoms with Gasteiger partial charge in [-0.3, -0.25) is 0 Å². The van der Waals surface area contributed by atoms with Gasteiger partial charge in [0, 0.05) is 0 Å². The fourth-order valence-corrected chi connectivity index (χ4v) is 3.31. The maximum Gasteiger partial charge on any atom is 0.143 e. The molecular formula is C18H18N3O. The van der Waals surface area contributed by atoms with E-state index in [4.69, 9.17) is 0 Å². The molecule has 111 valence electrons. The van der Waals surface area contributed by atoms with Gasteiger partial charge in [-0.05, 0) is 54.7 Å². The molecular weight excluding hydrogens is 274 g/mol. The van der Waals surface area contributed by atoms with E-state index in [0.29, 0.717) is 11.6 Å². The minimum atomic E-state index is 0.135. The van der Waals surface area contributed by atoms with Crippen molar-refractivity contribution in [1.29, 1.82) is 0 Å². The molecule has 4 nitrogen and oxygen atoms in total. The quantitative estimate of drug-likeness (QED) is 0.777. The first-order valence-corrected chi connectivity index (χ1v) is 7.88. The van der Waals surface area contributed by atoms with Crippen LogP contribution in [0, 0.1) is 6.07 Å². The van der Waals surface area contributed by atoms with Crippen molar-refractivity contribution >= 4 is 11.0 Å². The Morgan fingerprint density at radius 1 is 1.05 bits per heavy atom. The highest BCUT2D eigenvalue weighted by molar-refractivity contribution is 5.75. The van der Waals surface area contributed by atoms with Crippen LogP contribution >= 0.6 is 0 Å². The minimum absolute atomic E-state index is 0.135. The van der Waals surface area contributed by atoms with Crippen LogP contribution in [-0.2, 0) is 0 Å². The lowest BCUT2D eigenvalue weighted by atomic mass is 9.84. The van der Waals surface area contributed by atoms with E-state index in [1.54, 1.807) is 12.1 Å². The maximum absolute atomic E-state index is 9.92. The molecule has 22 heavy (non-hydrogen) atoms. The monoisotopic (exact) mass is 292 g/mol. The van der Waals surface area contributed by atoms with Crippen LogP contribution in [-0.4, -0.2) is 20.1 Å². The SMILES string of the molecule is Oc1c[c]ccc1-n1nc2ccc(C3CCCCC3)cc2n1. The Morgan fingerprint density at radius 2 is 1.86 bits per heavy atom. The number of nitrogens with zero attached hydrogens (tertiary/aromatic N) is 3. The second kappa shape index (κ2) is 5.44. The molecule has 1 aromatic heterocycles. The van der Waals surface area contributed by atoms with E-state index < -0.39 is 0 Å². The fourth-order valence-electron chi connectivity index (χ4n) is 3.31. The largest absolute Gasteiger partial charge is 0.506 e. The van der Waals surface area contributed by atoms with Gasteiger partial charge in [0.05, 0.1) is 0 Å². The van der Waals surface area contributed by atoms with Gasteiger partial charge in [0.1, 0.15) is 22.5 Å². The van der Waals surface area contributed by atoms with Crippen molar-refractivity contribution in [1.82, 2.24) is 15.0 Å². The van der Waals surface area contributed by atoms with Crippen molar-refractivity contribution in [3.05, 3.63) is 48.0 Å². The molecule has 3 aromatic rings. The highest BCUT2D eigenvalue weighted by Crippen LogP contribution is 2.33. The lowest BCUT2D eigenvalue weighted by molar-refractivity contribution is 0.444. The lowest BCUT2D eigenvalue weighted by Gasteiger charge is -2.21. The van der Waals surface area contributed by atoms with Crippen LogP contribution in [0.5, 0.6) is 5.75 Å². The van der Waals surface area contributed by atoms with Crippen molar-refractivity contribution < 1.29 is 5.11 Å². The van der Waals surface area contributed by atoms with E-state index >= 15 is 0 Å². The molecule has 2 aromatic carbocycles. The second-order valence-corrected chi connectivity index (χ2v) is 5.99. The van der Waals surface area contributed by atoms with Gasteiger partial charge in [0.25, 0.3) is 0 Å². The van der Waals surface area contributed by atoms with Gasteiger partial charge in [-0.25, -0.2) is 0 Å². The van der Waals surface area contributed by atoms with E-state index in [2.05, 4.69) is 28.4 Å². The Hall–Kier alpha value is -2.36. The number of aromatic nitrogens is 3. The minimum Gasteiger partial charge on any atom is -0.506 e. The molecule has 1 fully saturated rings. The summed E-state index contributed by atoms with van der Waals surface area (Å²) in [5.41, 5.74) is 3.68. The summed E-state index contributed by atoms with van der Waals surface area (Å²) in [6, 6.07) is 14.2. The van der Waals surface area contributed by atoms with Crippen LogP contribution < -0.4 is 0 Å². The molecule has 0 bridgehead atoms. The van der Waals surface area contributed by atoms with E-state index in [9.17, 15) is 5.11 Å². The van der Waals surface area contributed by atoms with Crippen LogP contribution in [0.15, 0.2) is 36.4 Å². The molecule has 0 amide bonds. The van der Waals surface area contributed by atoms with Crippen LogP contribution in [0.25, 0.3) is 16.7 Å². The highest BCUT2D eigenvalue weighted by atomic mass is 16.3. The van der Waals surface area contributed by atoms with Crippen LogP contribution in [0.1, 0.15) is 43.6 Å². The van der Waals surface area contributed by atoms with Gasteiger partial charge in [-0.15, -0.1) is 15.0 Å². The third-order valence-electron chi connectivity index (χ3n) is 4.52. The molecule has 0 atom stereocenters. The maximum atomic E-state index is 9.92. The van der Waals surface area contributed by atoms with Gasteiger partial charge in [0.15, 0.2) is 0 Å². The molecule has 0 saturated heterocycles. The summed E-state index contributed by atoms with van der Waals surface area (Å²) in [4.78, 5) is 1.50. The number of phenols is 1. The molecule has 1 heterocycles. The first kappa shape index (κ1) is 13.3. The fraction of sp³-hybridized carbons (Fsp3) is 0.333. The number of hydrogen-bond donors (Lipinski definition) is 1. The highest BCUT2D eigenvalue weighted by Gasteiger charge is 2.17. The summed E-state index contributed by atoms with van der Waals surface area (Å²) < 4.78 is 0. The van der Waals surface area contributed by atoms with Crippen LogP contribution in [0.4, 0.5) is 0 Å². The van der Waals surface area contributed by atoms with Gasteiger partial charge < -0.3 is 5.11 Å². The summed E-state index contributed by atoms with van der Waals surface area (Å²) in [5.74, 6) is 0.790. The summed E-state index contributed by atoms with van der Waals surface area (Å²) in [6.07, 6.45) is 6.55. The van der Waals surface area contributed by atoms with Crippen LogP contribution in [0.3, 0.4) is 0 Å². The Morgan fingerprint density at radius 3 is 2.68 bits per heavy atom. The average molecular weight is 292 g/mol. The predicted molar refractivity (Wildman–Crippen MR) is 85.2 cm³/mol. The Kier molecular flexibility index (Phi) is 3.29. The molecule has 1 aliphatic carbocycles. The number of phenolic OH excluding ortho intramolecular Hbond substituents is 1. The number of rotatable bonds is 2. The molecule has 1 aliphatic rings. The van der Waals surface area contributed by atoms with Gasteiger partial charge in [0.2, 0.25) is 0 Å². The third-order valence-corrected chi connectivity index (χ3v) is 4.52. The zero-order chi connectivity index (χ0) is 14.9. The first-order chi connectivity index (χ1) is 10.8. The summed E-state index contributed by atoms with van der Waals surface area (Å²) in [6.45, 7) is 0. The van der Waals surface area contributed by atoms with E-state index in [1.807, 2.05) is 6.07 Å². The van der Waals surface area contributed by atoms with Crippen molar-refractivity contribution in [3.63, 3.8) is 0 Å². The Bertz CT molecular complexity index is 803. The zero-order valence-corrected chi connectivity index (χ0v) is 12.4. The predicted octanol–water partition coefficient (Wildman–Crippen LogP) is 3.97. The zero-order valence-electron chi connectivity index (χ0n) is 12.4.